The van der Waals surface area contributed by atoms with E-state index in [1.54, 1.807) is 79.7 Å². The molecule has 0 saturated carbocycles. The van der Waals surface area contributed by atoms with E-state index in [-0.39, 0.29) is 16.5 Å². The maximum absolute atomic E-state index is 13.6. The van der Waals surface area contributed by atoms with Crippen LogP contribution >= 0.6 is 23.2 Å². The molecule has 0 aliphatic carbocycles. The summed E-state index contributed by atoms with van der Waals surface area (Å²) in [6.45, 7) is 3.41. The van der Waals surface area contributed by atoms with Crippen molar-refractivity contribution in [1.82, 2.24) is 5.43 Å². The number of benzene rings is 4. The van der Waals surface area contributed by atoms with Crippen LogP contribution in [-0.2, 0) is 14.8 Å². The third-order valence-corrected chi connectivity index (χ3v) is 8.37. The van der Waals surface area contributed by atoms with Crippen molar-refractivity contribution in [3.63, 3.8) is 0 Å². The summed E-state index contributed by atoms with van der Waals surface area (Å²) in [7, 11) is -4.15. The smallest absolute Gasteiger partial charge is 0.264 e. The molecule has 0 unspecified atom stereocenters. The molecule has 0 aliphatic rings. The van der Waals surface area contributed by atoms with E-state index in [9.17, 15) is 18.0 Å². The van der Waals surface area contributed by atoms with Crippen LogP contribution < -0.4 is 19.8 Å². The fourth-order valence-corrected chi connectivity index (χ4v) is 5.69. The lowest BCUT2D eigenvalue weighted by molar-refractivity contribution is -0.119. The third-order valence-electron chi connectivity index (χ3n) is 6.10. The number of ether oxygens (including phenoxy) is 1. The van der Waals surface area contributed by atoms with Gasteiger partial charge in [-0.1, -0.05) is 41.4 Å². The van der Waals surface area contributed by atoms with Gasteiger partial charge >= 0.3 is 0 Å². The number of hydrogen-bond acceptors (Lipinski definition) is 6. The van der Waals surface area contributed by atoms with E-state index in [2.05, 4.69) is 15.8 Å². The van der Waals surface area contributed by atoms with Gasteiger partial charge in [0.1, 0.15) is 12.3 Å². The Labute approximate surface area is 260 Å². The van der Waals surface area contributed by atoms with Crippen LogP contribution in [0, 0.1) is 0 Å². The minimum absolute atomic E-state index is 0.0325. The Bertz CT molecular complexity index is 1740. The van der Waals surface area contributed by atoms with Crippen LogP contribution in [0.25, 0.3) is 0 Å². The predicted molar refractivity (Wildman–Crippen MR) is 170 cm³/mol. The largest absolute Gasteiger partial charge is 0.494 e. The molecule has 4 aromatic rings. The molecule has 9 nitrogen and oxygen atoms in total. The quantitative estimate of drug-likeness (QED) is 0.146. The van der Waals surface area contributed by atoms with Gasteiger partial charge in [-0.15, -0.1) is 0 Å². The number of halogens is 2. The molecule has 0 radical (unpaired) electrons. The Balaban J connectivity index is 1.51. The van der Waals surface area contributed by atoms with E-state index >= 15 is 0 Å². The minimum Gasteiger partial charge on any atom is -0.494 e. The van der Waals surface area contributed by atoms with Gasteiger partial charge in [-0.3, -0.25) is 13.9 Å². The fourth-order valence-electron chi connectivity index (χ4n) is 3.96. The van der Waals surface area contributed by atoms with Crippen molar-refractivity contribution in [3.05, 3.63) is 118 Å². The van der Waals surface area contributed by atoms with Crippen LogP contribution in [0.2, 0.25) is 10.0 Å². The number of carbonyl (C=O) groups is 2. The van der Waals surface area contributed by atoms with Gasteiger partial charge in [-0.2, -0.15) is 5.10 Å². The molecule has 2 amide bonds. The lowest BCUT2D eigenvalue weighted by Crippen LogP contribution is -2.39. The van der Waals surface area contributed by atoms with Crippen molar-refractivity contribution in [1.29, 1.82) is 0 Å². The van der Waals surface area contributed by atoms with Crippen molar-refractivity contribution in [2.45, 2.75) is 18.7 Å². The number of rotatable bonds is 11. The Hall–Kier alpha value is -4.38. The lowest BCUT2D eigenvalue weighted by Gasteiger charge is -2.24. The highest BCUT2D eigenvalue weighted by Gasteiger charge is 2.27. The van der Waals surface area contributed by atoms with E-state index < -0.39 is 22.5 Å². The second kappa shape index (κ2) is 14.2. The number of nitrogens with zero attached hydrogens (tertiary/aromatic N) is 2. The molecule has 0 fully saturated rings. The molecule has 4 aromatic carbocycles. The molecule has 43 heavy (non-hydrogen) atoms. The second-order valence-corrected chi connectivity index (χ2v) is 11.9. The summed E-state index contributed by atoms with van der Waals surface area (Å²) in [4.78, 5) is 25.6. The lowest BCUT2D eigenvalue weighted by atomic mass is 10.1. The van der Waals surface area contributed by atoms with Gasteiger partial charge in [0.2, 0.25) is 0 Å². The summed E-state index contributed by atoms with van der Waals surface area (Å²) in [5.74, 6) is -0.444. The van der Waals surface area contributed by atoms with Crippen molar-refractivity contribution >= 4 is 62.1 Å². The molecule has 0 saturated heterocycles. The van der Waals surface area contributed by atoms with E-state index in [0.29, 0.717) is 44.9 Å². The molecular formula is C31H28Cl2N4O5S. The van der Waals surface area contributed by atoms with Gasteiger partial charge in [-0.25, -0.2) is 13.8 Å². The average molecular weight is 640 g/mol. The molecule has 0 heterocycles. The maximum Gasteiger partial charge on any atom is 0.264 e. The molecule has 4 rings (SSSR count). The number of anilines is 2. The Morgan fingerprint density at radius 1 is 0.860 bits per heavy atom. The van der Waals surface area contributed by atoms with Crippen molar-refractivity contribution < 1.29 is 22.7 Å². The van der Waals surface area contributed by atoms with Crippen LogP contribution in [0.15, 0.2) is 107 Å². The Morgan fingerprint density at radius 3 is 2.21 bits per heavy atom. The van der Waals surface area contributed by atoms with Crippen LogP contribution in [0.4, 0.5) is 11.4 Å². The normalized spacial score (nSPS) is 11.5. The molecule has 0 aromatic heterocycles. The second-order valence-electron chi connectivity index (χ2n) is 9.17. The molecule has 0 bridgehead atoms. The predicted octanol–water partition coefficient (Wildman–Crippen LogP) is 6.38. The van der Waals surface area contributed by atoms with E-state index in [1.807, 2.05) is 6.92 Å². The number of hydrogen-bond donors (Lipinski definition) is 2. The highest BCUT2D eigenvalue weighted by Crippen LogP contribution is 2.26. The number of hydrazone groups is 1. The molecule has 0 atom stereocenters. The van der Waals surface area contributed by atoms with Crippen molar-refractivity contribution in [2.75, 3.05) is 22.8 Å². The fraction of sp³-hybridized carbons (Fsp3) is 0.129. The maximum atomic E-state index is 13.6. The monoisotopic (exact) mass is 638 g/mol. The first-order chi connectivity index (χ1) is 20.6. The Kier molecular flexibility index (Phi) is 10.4. The van der Waals surface area contributed by atoms with Crippen LogP contribution in [0.3, 0.4) is 0 Å². The standard InChI is InChI=1S/C31H28Cl2N4O5S/c1-3-42-28-14-12-27(13-15-28)37(43(40,41)29-16-10-24(32)11-17-29)20-30(38)36-35-21(2)22-6-5-9-26(19-22)34-31(39)23-7-4-8-25(33)18-23/h4-19H,3,20H2,1-2H3,(H,34,39)(H,36,38)/b35-21-. The number of nitrogens with one attached hydrogen (secondary N) is 2. The average Bonchev–Trinajstić information content (AvgIpc) is 2.99. The zero-order chi connectivity index (χ0) is 31.0. The van der Waals surface area contributed by atoms with Gasteiger partial charge < -0.3 is 10.1 Å². The first-order valence-corrected chi connectivity index (χ1v) is 15.3. The summed E-state index contributed by atoms with van der Waals surface area (Å²) in [6, 6.07) is 25.5. The van der Waals surface area contributed by atoms with Gasteiger partial charge in [0.25, 0.3) is 21.8 Å². The third kappa shape index (κ3) is 8.35. The molecule has 12 heteroatoms. The first-order valence-electron chi connectivity index (χ1n) is 13.1. The molecule has 2 N–H and O–H groups in total. The van der Waals surface area contributed by atoms with Gasteiger partial charge in [-0.05, 0) is 98.3 Å². The van der Waals surface area contributed by atoms with Gasteiger partial charge in [0.05, 0.1) is 22.9 Å². The summed E-state index contributed by atoms with van der Waals surface area (Å²) in [6.07, 6.45) is 0. The summed E-state index contributed by atoms with van der Waals surface area (Å²) in [5, 5.41) is 7.79. The topological polar surface area (TPSA) is 117 Å². The van der Waals surface area contributed by atoms with Crippen molar-refractivity contribution in [2.24, 2.45) is 5.10 Å². The van der Waals surface area contributed by atoms with Gasteiger partial charge in [0.15, 0.2) is 0 Å². The SMILES string of the molecule is CCOc1ccc(N(CC(=O)N/N=C(/C)c2cccc(NC(=O)c3cccc(Cl)c3)c2)S(=O)(=O)c2ccc(Cl)cc2)cc1. The molecule has 0 spiro atoms. The van der Waals surface area contributed by atoms with Crippen molar-refractivity contribution in [3.8, 4) is 5.75 Å². The van der Waals surface area contributed by atoms with Crippen LogP contribution in [0.1, 0.15) is 29.8 Å². The molecule has 222 valence electrons. The molecule has 0 aliphatic heterocycles. The van der Waals surface area contributed by atoms with Gasteiger partial charge in [0, 0.05) is 21.3 Å². The summed E-state index contributed by atoms with van der Waals surface area (Å²) < 4.78 is 33.6. The number of carbonyl (C=O) groups excluding carboxylic acids is 2. The van der Waals surface area contributed by atoms with Crippen LogP contribution in [0.5, 0.6) is 5.75 Å². The van der Waals surface area contributed by atoms with E-state index in [4.69, 9.17) is 27.9 Å². The zero-order valence-corrected chi connectivity index (χ0v) is 25.6. The Morgan fingerprint density at radius 2 is 1.53 bits per heavy atom. The first kappa shape index (κ1) is 31.6. The molecular weight excluding hydrogens is 611 g/mol. The highest BCUT2D eigenvalue weighted by molar-refractivity contribution is 7.92. The number of amides is 2. The van der Waals surface area contributed by atoms with E-state index in [0.717, 1.165) is 4.31 Å². The van der Waals surface area contributed by atoms with Crippen LogP contribution in [-0.4, -0.2) is 39.1 Å². The highest BCUT2D eigenvalue weighted by atomic mass is 35.5. The number of sulfonamides is 1. The summed E-state index contributed by atoms with van der Waals surface area (Å²) in [5.41, 5.74) is 4.67. The minimum atomic E-state index is -4.15. The summed E-state index contributed by atoms with van der Waals surface area (Å²) >= 11 is 11.9. The van der Waals surface area contributed by atoms with E-state index in [1.165, 1.54) is 24.3 Å². The zero-order valence-electron chi connectivity index (χ0n) is 23.3.